The molecule has 212 valence electrons. The summed E-state index contributed by atoms with van der Waals surface area (Å²) in [6, 6.07) is 58.3. The number of hydrogen-bond acceptors (Lipinski definition) is 1. The van der Waals surface area contributed by atoms with Crippen molar-refractivity contribution in [2.75, 3.05) is 0 Å². The fourth-order valence-corrected chi connectivity index (χ4v) is 8.86. The van der Waals surface area contributed by atoms with Crippen molar-refractivity contribution in [2.24, 2.45) is 0 Å². The van der Waals surface area contributed by atoms with Crippen LogP contribution in [0.1, 0.15) is 22.3 Å². The van der Waals surface area contributed by atoms with Crippen LogP contribution >= 0.6 is 0 Å². The van der Waals surface area contributed by atoms with Crippen molar-refractivity contribution in [3.05, 3.63) is 180 Å². The summed E-state index contributed by atoms with van der Waals surface area (Å²) in [4.78, 5) is 0. The van der Waals surface area contributed by atoms with E-state index in [1.165, 1.54) is 82.7 Å². The van der Waals surface area contributed by atoms with Crippen LogP contribution < -0.4 is 4.74 Å². The smallest absolute Gasteiger partial charge is 0.135 e. The lowest BCUT2D eigenvalue weighted by molar-refractivity contribution is 0.487. The molecule has 1 nitrogen and oxygen atoms in total. The van der Waals surface area contributed by atoms with Gasteiger partial charge in [-0.1, -0.05) is 127 Å². The summed E-state index contributed by atoms with van der Waals surface area (Å²) in [6.07, 6.45) is 0. The number of rotatable bonds is 1. The minimum absolute atomic E-state index is 0.433. The first-order chi connectivity index (χ1) is 22.8. The second-order valence-electron chi connectivity index (χ2n) is 12.8. The molecule has 1 unspecified atom stereocenters. The predicted octanol–water partition coefficient (Wildman–Crippen LogP) is 11.8. The summed E-state index contributed by atoms with van der Waals surface area (Å²) >= 11 is 0. The molecule has 1 spiro atoms. The van der Waals surface area contributed by atoms with Crippen molar-refractivity contribution in [2.45, 2.75) is 5.41 Å². The Kier molecular flexibility index (Phi) is 4.57. The van der Waals surface area contributed by atoms with Gasteiger partial charge in [-0.2, -0.15) is 0 Å². The van der Waals surface area contributed by atoms with Gasteiger partial charge in [0.1, 0.15) is 11.5 Å². The number of hydrogen-bond donors (Lipinski definition) is 0. The molecule has 0 aromatic heterocycles. The van der Waals surface area contributed by atoms with Crippen LogP contribution in [0.25, 0.3) is 66.1 Å². The molecule has 0 saturated carbocycles. The van der Waals surface area contributed by atoms with Crippen LogP contribution in [0.3, 0.4) is 0 Å². The van der Waals surface area contributed by atoms with Crippen molar-refractivity contribution < 1.29 is 4.74 Å². The zero-order chi connectivity index (χ0) is 30.0. The van der Waals surface area contributed by atoms with Gasteiger partial charge < -0.3 is 4.74 Å². The molecule has 1 heteroatoms. The third-order valence-corrected chi connectivity index (χ3v) is 10.6. The highest BCUT2D eigenvalue weighted by molar-refractivity contribution is 6.06. The van der Waals surface area contributed by atoms with Gasteiger partial charge in [0.25, 0.3) is 0 Å². The van der Waals surface area contributed by atoms with Gasteiger partial charge in [0.15, 0.2) is 0 Å². The summed E-state index contributed by atoms with van der Waals surface area (Å²) < 4.78 is 6.51. The summed E-state index contributed by atoms with van der Waals surface area (Å²) in [5.41, 5.74) is 15.1. The monoisotopic (exact) mass is 582 g/mol. The first-order valence-corrected chi connectivity index (χ1v) is 16.0. The minimum Gasteiger partial charge on any atom is -0.456 e. The van der Waals surface area contributed by atoms with Crippen LogP contribution in [-0.2, 0) is 5.41 Å². The first kappa shape index (κ1) is 24.4. The fraction of sp³-hybridized carbons (Fsp3) is 0.0222. The lowest BCUT2D eigenvalue weighted by Gasteiger charge is -2.32. The number of fused-ring (bicyclic) bond motifs is 13. The van der Waals surface area contributed by atoms with Gasteiger partial charge in [-0.05, 0) is 108 Å². The fourth-order valence-electron chi connectivity index (χ4n) is 8.86. The van der Waals surface area contributed by atoms with E-state index in [-0.39, 0.29) is 0 Å². The standard InChI is InChI=1S/C45H26O/c1-2-11-29-26-40-36(24-28(29)10-1)33-15-4-6-20-39(33)45(40)38-19-5-3-14-32(38)35-18-9-16-31(44(35)45)30-22-23-41-37(25-30)34-17-7-12-27-13-8-21-42(46-41)43(27)34/h1-26H. The number of ether oxygens (including phenoxy) is 1. The maximum atomic E-state index is 6.51. The van der Waals surface area contributed by atoms with E-state index in [2.05, 4.69) is 158 Å². The molecule has 3 aliphatic rings. The first-order valence-electron chi connectivity index (χ1n) is 16.0. The molecule has 1 heterocycles. The van der Waals surface area contributed by atoms with E-state index in [9.17, 15) is 0 Å². The molecule has 46 heavy (non-hydrogen) atoms. The molecule has 0 amide bonds. The largest absolute Gasteiger partial charge is 0.456 e. The Balaban J connectivity index is 1.25. The molecule has 0 radical (unpaired) electrons. The molecule has 8 aromatic rings. The van der Waals surface area contributed by atoms with Gasteiger partial charge in [-0.15, -0.1) is 0 Å². The van der Waals surface area contributed by atoms with Crippen molar-refractivity contribution in [1.82, 2.24) is 0 Å². The zero-order valence-corrected chi connectivity index (χ0v) is 24.9. The normalized spacial score (nSPS) is 16.1. The third kappa shape index (κ3) is 2.91. The molecule has 0 saturated heterocycles. The zero-order valence-electron chi connectivity index (χ0n) is 24.9. The average molecular weight is 583 g/mol. The van der Waals surface area contributed by atoms with Crippen molar-refractivity contribution in [3.63, 3.8) is 0 Å². The second kappa shape index (κ2) is 8.62. The van der Waals surface area contributed by atoms with Crippen molar-refractivity contribution in [1.29, 1.82) is 0 Å². The molecule has 11 rings (SSSR count). The van der Waals surface area contributed by atoms with Crippen LogP contribution in [0.4, 0.5) is 0 Å². The van der Waals surface area contributed by atoms with E-state index in [1.807, 2.05) is 0 Å². The van der Waals surface area contributed by atoms with E-state index < -0.39 is 5.41 Å². The van der Waals surface area contributed by atoms with Crippen LogP contribution in [-0.4, -0.2) is 0 Å². The minimum atomic E-state index is -0.433. The Morgan fingerprint density at radius 1 is 0.348 bits per heavy atom. The SMILES string of the molecule is c1ccc2c(c1)-c1cc3ccccc3cc1C21c2ccccc2-c2cccc(-c3ccc4c(c3)-c3cccc5cccc(c35)O4)c21. The molecule has 8 aromatic carbocycles. The van der Waals surface area contributed by atoms with Crippen molar-refractivity contribution >= 4 is 21.5 Å². The molecular formula is C45H26O. The molecule has 0 bridgehead atoms. The van der Waals surface area contributed by atoms with Gasteiger partial charge >= 0.3 is 0 Å². The van der Waals surface area contributed by atoms with Crippen LogP contribution in [0, 0.1) is 0 Å². The van der Waals surface area contributed by atoms with Gasteiger partial charge in [-0.3, -0.25) is 0 Å². The topological polar surface area (TPSA) is 9.23 Å². The van der Waals surface area contributed by atoms with E-state index in [0.29, 0.717) is 0 Å². The summed E-state index contributed by atoms with van der Waals surface area (Å²) in [6.45, 7) is 0. The van der Waals surface area contributed by atoms with E-state index >= 15 is 0 Å². The summed E-state index contributed by atoms with van der Waals surface area (Å²) in [5.74, 6) is 1.83. The van der Waals surface area contributed by atoms with Crippen molar-refractivity contribution in [3.8, 4) is 56.0 Å². The summed E-state index contributed by atoms with van der Waals surface area (Å²) in [5, 5.41) is 4.93. The molecule has 1 aliphatic heterocycles. The predicted molar refractivity (Wildman–Crippen MR) is 189 cm³/mol. The maximum Gasteiger partial charge on any atom is 0.135 e. The van der Waals surface area contributed by atoms with Gasteiger partial charge in [0.2, 0.25) is 0 Å². The molecule has 0 N–H and O–H groups in total. The van der Waals surface area contributed by atoms with Gasteiger partial charge in [0, 0.05) is 10.9 Å². The van der Waals surface area contributed by atoms with E-state index in [0.717, 1.165) is 17.1 Å². The van der Waals surface area contributed by atoms with E-state index in [4.69, 9.17) is 4.74 Å². The molecule has 2 aliphatic carbocycles. The Hall–Kier alpha value is -5.92. The highest BCUT2D eigenvalue weighted by atomic mass is 16.5. The van der Waals surface area contributed by atoms with Gasteiger partial charge in [0.05, 0.1) is 5.41 Å². The Morgan fingerprint density at radius 2 is 0.957 bits per heavy atom. The lowest BCUT2D eigenvalue weighted by atomic mass is 9.68. The quantitative estimate of drug-likeness (QED) is 0.187. The molecule has 1 atom stereocenters. The second-order valence-corrected chi connectivity index (χ2v) is 12.8. The maximum absolute atomic E-state index is 6.51. The van der Waals surface area contributed by atoms with Gasteiger partial charge in [-0.25, -0.2) is 0 Å². The van der Waals surface area contributed by atoms with Crippen LogP contribution in [0.15, 0.2) is 158 Å². The Bertz CT molecular complexity index is 2620. The average Bonchev–Trinajstić information content (AvgIpc) is 3.58. The Morgan fingerprint density at radius 3 is 1.78 bits per heavy atom. The van der Waals surface area contributed by atoms with Crippen LogP contribution in [0.2, 0.25) is 0 Å². The molecular weight excluding hydrogens is 556 g/mol. The summed E-state index contributed by atoms with van der Waals surface area (Å²) in [7, 11) is 0. The number of benzene rings is 8. The van der Waals surface area contributed by atoms with E-state index in [1.54, 1.807) is 0 Å². The van der Waals surface area contributed by atoms with Crippen LogP contribution in [0.5, 0.6) is 11.5 Å². The third-order valence-electron chi connectivity index (χ3n) is 10.6. The lowest BCUT2D eigenvalue weighted by Crippen LogP contribution is -2.26. The highest BCUT2D eigenvalue weighted by Crippen LogP contribution is 2.65. The Labute approximate surface area is 267 Å². The molecule has 0 fully saturated rings. The highest BCUT2D eigenvalue weighted by Gasteiger charge is 2.52.